The maximum absolute atomic E-state index is 4.86. The zero-order valence-corrected chi connectivity index (χ0v) is 14.6. The molecule has 3 aromatic rings. The Bertz CT molecular complexity index is 840. The first-order valence-corrected chi connectivity index (χ1v) is 8.67. The number of pyridine rings is 1. The first-order valence-electron chi connectivity index (χ1n) is 7.80. The van der Waals surface area contributed by atoms with Gasteiger partial charge >= 0.3 is 0 Å². The third-order valence-electron chi connectivity index (χ3n) is 3.74. The maximum atomic E-state index is 4.86. The van der Waals surface area contributed by atoms with Crippen molar-refractivity contribution < 1.29 is 0 Å². The number of aryl methyl sites for hydroxylation is 4. The van der Waals surface area contributed by atoms with Crippen LogP contribution in [0.1, 0.15) is 22.5 Å². The summed E-state index contributed by atoms with van der Waals surface area (Å²) in [6, 6.07) is 12.5. The van der Waals surface area contributed by atoms with Gasteiger partial charge in [-0.2, -0.15) is 0 Å². The van der Waals surface area contributed by atoms with Crippen LogP contribution in [-0.4, -0.2) is 9.55 Å². The Kier molecular flexibility index (Phi) is 4.72. The lowest BCUT2D eigenvalue weighted by atomic mass is 10.1. The van der Waals surface area contributed by atoms with Crippen LogP contribution >= 0.6 is 11.3 Å². The molecule has 0 N–H and O–H groups in total. The molecule has 2 aromatic heterocycles. The van der Waals surface area contributed by atoms with E-state index in [1.165, 1.54) is 16.8 Å². The van der Waals surface area contributed by atoms with Gasteiger partial charge in [-0.15, -0.1) is 11.3 Å². The summed E-state index contributed by atoms with van der Waals surface area (Å²) in [5, 5.41) is 2.17. The van der Waals surface area contributed by atoms with Gasteiger partial charge in [0.25, 0.3) is 0 Å². The van der Waals surface area contributed by atoms with E-state index < -0.39 is 0 Å². The third-order valence-corrected chi connectivity index (χ3v) is 4.72. The van der Waals surface area contributed by atoms with Gasteiger partial charge in [-0.25, -0.2) is 4.99 Å². The smallest absolute Gasteiger partial charge is 0.190 e. The van der Waals surface area contributed by atoms with Crippen molar-refractivity contribution >= 4 is 17.0 Å². The number of thiazole rings is 1. The standard InChI is InChI=1S/C19H21N3S/c1-14-10-15(2)12-18(11-14)21-19-22(16(3)13-23-19)9-7-17-6-4-5-8-20-17/h4-6,8,10-13H,7,9H2,1-3H3. The molecule has 0 aliphatic heterocycles. The van der Waals surface area contributed by atoms with E-state index in [-0.39, 0.29) is 0 Å². The fraction of sp³-hybridized carbons (Fsp3) is 0.263. The Labute approximate surface area is 141 Å². The summed E-state index contributed by atoms with van der Waals surface area (Å²) in [5.41, 5.74) is 5.88. The predicted octanol–water partition coefficient (Wildman–Crippen LogP) is 4.34. The van der Waals surface area contributed by atoms with E-state index in [0.717, 1.165) is 29.1 Å². The Morgan fingerprint density at radius 1 is 1.09 bits per heavy atom. The van der Waals surface area contributed by atoms with E-state index in [0.29, 0.717) is 0 Å². The maximum Gasteiger partial charge on any atom is 0.190 e. The van der Waals surface area contributed by atoms with E-state index in [1.807, 2.05) is 18.3 Å². The molecule has 0 saturated heterocycles. The van der Waals surface area contributed by atoms with Gasteiger partial charge < -0.3 is 4.57 Å². The van der Waals surface area contributed by atoms with Crippen molar-refractivity contribution in [2.45, 2.75) is 33.7 Å². The second-order valence-corrected chi connectivity index (χ2v) is 6.68. The number of benzene rings is 1. The molecule has 0 bridgehead atoms. The average molecular weight is 323 g/mol. The molecular formula is C19H21N3S. The number of rotatable bonds is 4. The Balaban J connectivity index is 1.90. The largest absolute Gasteiger partial charge is 0.321 e. The quantitative estimate of drug-likeness (QED) is 0.702. The van der Waals surface area contributed by atoms with Gasteiger partial charge in [0.15, 0.2) is 4.80 Å². The van der Waals surface area contributed by atoms with Crippen LogP contribution in [0, 0.1) is 20.8 Å². The molecule has 0 saturated carbocycles. The van der Waals surface area contributed by atoms with Crippen LogP contribution in [-0.2, 0) is 13.0 Å². The minimum absolute atomic E-state index is 0.899. The highest BCUT2D eigenvalue weighted by atomic mass is 32.1. The number of hydrogen-bond acceptors (Lipinski definition) is 3. The first kappa shape index (κ1) is 15.7. The van der Waals surface area contributed by atoms with E-state index in [1.54, 1.807) is 11.3 Å². The van der Waals surface area contributed by atoms with Gasteiger partial charge in [0.05, 0.1) is 5.69 Å². The SMILES string of the molecule is Cc1cc(C)cc(N=c2scc(C)n2CCc2ccccn2)c1. The molecule has 0 aliphatic carbocycles. The summed E-state index contributed by atoms with van der Waals surface area (Å²) in [6.07, 6.45) is 2.76. The van der Waals surface area contributed by atoms with Gasteiger partial charge in [0.2, 0.25) is 0 Å². The highest BCUT2D eigenvalue weighted by Crippen LogP contribution is 2.16. The highest BCUT2D eigenvalue weighted by molar-refractivity contribution is 7.07. The minimum atomic E-state index is 0.899. The van der Waals surface area contributed by atoms with E-state index in [9.17, 15) is 0 Å². The number of nitrogens with zero attached hydrogens (tertiary/aromatic N) is 3. The first-order chi connectivity index (χ1) is 11.1. The summed E-state index contributed by atoms with van der Waals surface area (Å²) in [7, 11) is 0. The van der Waals surface area contributed by atoms with Gasteiger partial charge in [-0.3, -0.25) is 4.98 Å². The molecule has 4 heteroatoms. The van der Waals surface area contributed by atoms with Crippen molar-refractivity contribution in [1.82, 2.24) is 9.55 Å². The molecule has 0 aliphatic rings. The molecule has 23 heavy (non-hydrogen) atoms. The van der Waals surface area contributed by atoms with Gasteiger partial charge in [-0.1, -0.05) is 12.1 Å². The fourth-order valence-corrected chi connectivity index (χ4v) is 3.60. The molecule has 1 aromatic carbocycles. The average Bonchev–Trinajstić information content (AvgIpc) is 2.85. The Hall–Kier alpha value is -2.20. The molecule has 0 unspecified atom stereocenters. The summed E-state index contributed by atoms with van der Waals surface area (Å²) < 4.78 is 2.27. The number of aromatic nitrogens is 2. The van der Waals surface area contributed by atoms with Crippen molar-refractivity contribution in [3.8, 4) is 0 Å². The number of hydrogen-bond donors (Lipinski definition) is 0. The van der Waals surface area contributed by atoms with Crippen LogP contribution < -0.4 is 4.80 Å². The zero-order chi connectivity index (χ0) is 16.2. The summed E-state index contributed by atoms with van der Waals surface area (Å²) in [5.74, 6) is 0. The van der Waals surface area contributed by atoms with Crippen molar-refractivity contribution in [1.29, 1.82) is 0 Å². The van der Waals surface area contributed by atoms with Crippen molar-refractivity contribution in [3.63, 3.8) is 0 Å². The summed E-state index contributed by atoms with van der Waals surface area (Å²) in [4.78, 5) is 10.3. The lowest BCUT2D eigenvalue weighted by molar-refractivity contribution is 0.650. The van der Waals surface area contributed by atoms with E-state index in [4.69, 9.17) is 4.99 Å². The highest BCUT2D eigenvalue weighted by Gasteiger charge is 2.03. The molecule has 3 nitrogen and oxygen atoms in total. The lowest BCUT2D eigenvalue weighted by Gasteiger charge is -2.06. The monoisotopic (exact) mass is 323 g/mol. The molecule has 2 heterocycles. The molecule has 0 atom stereocenters. The van der Waals surface area contributed by atoms with Crippen LogP contribution in [0.2, 0.25) is 0 Å². The topological polar surface area (TPSA) is 30.2 Å². The predicted molar refractivity (Wildman–Crippen MR) is 96.1 cm³/mol. The van der Waals surface area contributed by atoms with Crippen molar-refractivity contribution in [2.24, 2.45) is 4.99 Å². The Morgan fingerprint density at radius 2 is 1.87 bits per heavy atom. The fourth-order valence-electron chi connectivity index (χ4n) is 2.67. The van der Waals surface area contributed by atoms with E-state index >= 15 is 0 Å². The van der Waals surface area contributed by atoms with Gasteiger partial charge in [0.1, 0.15) is 0 Å². The Morgan fingerprint density at radius 3 is 2.57 bits per heavy atom. The van der Waals surface area contributed by atoms with Crippen molar-refractivity contribution in [2.75, 3.05) is 0 Å². The minimum Gasteiger partial charge on any atom is -0.321 e. The molecule has 0 fully saturated rings. The molecule has 0 spiro atoms. The van der Waals surface area contributed by atoms with E-state index in [2.05, 4.69) is 60.0 Å². The lowest BCUT2D eigenvalue weighted by Crippen LogP contribution is -2.17. The van der Waals surface area contributed by atoms with Crippen LogP contribution in [0.4, 0.5) is 5.69 Å². The van der Waals surface area contributed by atoms with Crippen LogP contribution in [0.25, 0.3) is 0 Å². The van der Waals surface area contributed by atoms with Gasteiger partial charge in [0, 0.05) is 35.9 Å². The molecule has 0 amide bonds. The molecule has 0 radical (unpaired) electrons. The normalized spacial score (nSPS) is 11.9. The summed E-state index contributed by atoms with van der Waals surface area (Å²) in [6.45, 7) is 7.26. The van der Waals surface area contributed by atoms with Crippen LogP contribution in [0.15, 0.2) is 53.0 Å². The second-order valence-electron chi connectivity index (χ2n) is 5.84. The summed E-state index contributed by atoms with van der Waals surface area (Å²) >= 11 is 1.69. The van der Waals surface area contributed by atoms with Crippen molar-refractivity contribution in [3.05, 3.63) is 75.3 Å². The second kappa shape index (κ2) is 6.92. The van der Waals surface area contributed by atoms with Crippen LogP contribution in [0.3, 0.4) is 0 Å². The van der Waals surface area contributed by atoms with Crippen LogP contribution in [0.5, 0.6) is 0 Å². The zero-order valence-electron chi connectivity index (χ0n) is 13.8. The third kappa shape index (κ3) is 3.96. The molecule has 3 rings (SSSR count). The van der Waals surface area contributed by atoms with Gasteiger partial charge in [-0.05, 0) is 56.2 Å². The molecule has 118 valence electrons. The molecular weight excluding hydrogens is 302 g/mol.